The van der Waals surface area contributed by atoms with E-state index in [4.69, 9.17) is 5.73 Å². The Labute approximate surface area is 91.3 Å². The van der Waals surface area contributed by atoms with Gasteiger partial charge in [-0.3, -0.25) is 14.7 Å². The third-order valence-electron chi connectivity index (χ3n) is 2.18. The van der Waals surface area contributed by atoms with Crippen molar-refractivity contribution in [3.63, 3.8) is 0 Å². The molecular weight excluding hydrogens is 206 g/mol. The summed E-state index contributed by atoms with van der Waals surface area (Å²) in [6.07, 6.45) is 1.47. The van der Waals surface area contributed by atoms with Crippen LogP contribution in [0, 0.1) is 0 Å². The fourth-order valence-electron chi connectivity index (χ4n) is 1.42. The Kier molecular flexibility index (Phi) is 2.51. The van der Waals surface area contributed by atoms with Crippen molar-refractivity contribution in [2.24, 2.45) is 5.73 Å². The molecule has 1 heterocycles. The molecule has 2 rings (SSSR count). The lowest BCUT2D eigenvalue weighted by Gasteiger charge is -2.03. The van der Waals surface area contributed by atoms with Gasteiger partial charge >= 0.3 is 0 Å². The van der Waals surface area contributed by atoms with Crippen LogP contribution in [0.3, 0.4) is 0 Å². The molecule has 0 unspecified atom stereocenters. The highest BCUT2D eigenvalue weighted by atomic mass is 16.1. The number of rotatable bonds is 3. The average molecular weight is 215 g/mol. The number of benzene rings is 1. The summed E-state index contributed by atoms with van der Waals surface area (Å²) in [5.74, 6) is -0.921. The number of aromatic nitrogens is 2. The number of nitrogens with one attached hydrogen (secondary N) is 1. The second-order valence-corrected chi connectivity index (χ2v) is 3.21. The van der Waals surface area contributed by atoms with Gasteiger partial charge in [0, 0.05) is 11.8 Å². The van der Waals surface area contributed by atoms with Crippen LogP contribution in [0.1, 0.15) is 26.4 Å². The van der Waals surface area contributed by atoms with Gasteiger partial charge in [-0.2, -0.15) is 5.10 Å². The Hall–Kier alpha value is -2.43. The minimum Gasteiger partial charge on any atom is -0.366 e. The first-order valence-electron chi connectivity index (χ1n) is 4.63. The number of hydrogen-bond donors (Lipinski definition) is 2. The van der Waals surface area contributed by atoms with E-state index >= 15 is 0 Å². The molecule has 0 saturated heterocycles. The van der Waals surface area contributed by atoms with Crippen LogP contribution in [0.15, 0.2) is 36.5 Å². The molecule has 0 bridgehead atoms. The molecule has 0 atom stereocenters. The van der Waals surface area contributed by atoms with Crippen molar-refractivity contribution in [3.05, 3.63) is 53.3 Å². The summed E-state index contributed by atoms with van der Waals surface area (Å²) in [6, 6.07) is 7.95. The van der Waals surface area contributed by atoms with Gasteiger partial charge in [0.25, 0.3) is 0 Å². The summed E-state index contributed by atoms with van der Waals surface area (Å²) in [5.41, 5.74) is 6.00. The van der Waals surface area contributed by atoms with Crippen LogP contribution in [0.2, 0.25) is 0 Å². The third-order valence-corrected chi connectivity index (χ3v) is 2.18. The fourth-order valence-corrected chi connectivity index (χ4v) is 1.42. The van der Waals surface area contributed by atoms with E-state index in [1.54, 1.807) is 24.3 Å². The minimum absolute atomic E-state index is 0.210. The molecule has 0 aliphatic heterocycles. The second-order valence-electron chi connectivity index (χ2n) is 3.21. The zero-order valence-corrected chi connectivity index (χ0v) is 8.31. The van der Waals surface area contributed by atoms with E-state index in [0.717, 1.165) is 0 Å². The van der Waals surface area contributed by atoms with Crippen molar-refractivity contribution < 1.29 is 9.59 Å². The molecule has 80 valence electrons. The van der Waals surface area contributed by atoms with Crippen molar-refractivity contribution in [2.75, 3.05) is 0 Å². The average Bonchev–Trinajstić information content (AvgIpc) is 2.81. The predicted molar refractivity (Wildman–Crippen MR) is 57.0 cm³/mol. The number of amides is 1. The van der Waals surface area contributed by atoms with E-state index in [-0.39, 0.29) is 16.9 Å². The van der Waals surface area contributed by atoms with Crippen LogP contribution in [0.5, 0.6) is 0 Å². The van der Waals surface area contributed by atoms with Gasteiger partial charge in [0.2, 0.25) is 11.7 Å². The molecule has 2 aromatic rings. The molecule has 5 heteroatoms. The quantitative estimate of drug-likeness (QED) is 0.740. The number of hydrogen-bond acceptors (Lipinski definition) is 3. The Balaban J connectivity index is 2.49. The molecule has 1 aromatic carbocycles. The highest BCUT2D eigenvalue weighted by molar-refractivity contribution is 6.14. The first kappa shape index (κ1) is 10.1. The van der Waals surface area contributed by atoms with Crippen molar-refractivity contribution in [3.8, 4) is 0 Å². The molecule has 1 aromatic heterocycles. The first-order chi connectivity index (χ1) is 7.70. The van der Waals surface area contributed by atoms with E-state index in [0.29, 0.717) is 5.69 Å². The maximum absolute atomic E-state index is 12.0. The highest BCUT2D eigenvalue weighted by Crippen LogP contribution is 2.12. The van der Waals surface area contributed by atoms with E-state index < -0.39 is 5.91 Å². The number of nitrogens with zero attached hydrogens (tertiary/aromatic N) is 1. The van der Waals surface area contributed by atoms with Gasteiger partial charge in [0.1, 0.15) is 5.69 Å². The lowest BCUT2D eigenvalue weighted by atomic mass is 10.0. The Morgan fingerprint density at radius 1 is 1.12 bits per heavy atom. The molecule has 0 radical (unpaired) electrons. The second kappa shape index (κ2) is 3.98. The van der Waals surface area contributed by atoms with Gasteiger partial charge in [-0.05, 0) is 12.1 Å². The van der Waals surface area contributed by atoms with Crippen LogP contribution in [-0.2, 0) is 0 Å². The summed E-state index contributed by atoms with van der Waals surface area (Å²) in [5, 5.41) is 6.23. The van der Waals surface area contributed by atoms with Gasteiger partial charge in [-0.15, -0.1) is 0 Å². The smallest absolute Gasteiger partial charge is 0.249 e. The minimum atomic E-state index is -0.622. The number of H-pyrrole nitrogens is 1. The molecule has 0 spiro atoms. The molecule has 0 fully saturated rings. The van der Waals surface area contributed by atoms with E-state index in [1.165, 1.54) is 12.3 Å². The fraction of sp³-hybridized carbons (Fsp3) is 0. The molecule has 1 amide bonds. The van der Waals surface area contributed by atoms with Crippen LogP contribution in [-0.4, -0.2) is 21.9 Å². The Morgan fingerprint density at radius 3 is 2.38 bits per heavy atom. The van der Waals surface area contributed by atoms with E-state index in [2.05, 4.69) is 10.2 Å². The largest absolute Gasteiger partial charge is 0.366 e. The standard InChI is InChI=1S/C11H9N3O2/c12-11(16)8-4-2-1-3-7(8)10(15)9-5-6-13-14-9/h1-6H,(H2,12,16)(H,13,14). The van der Waals surface area contributed by atoms with Crippen molar-refractivity contribution >= 4 is 11.7 Å². The highest BCUT2D eigenvalue weighted by Gasteiger charge is 2.16. The van der Waals surface area contributed by atoms with Gasteiger partial charge in [-0.25, -0.2) is 0 Å². The maximum atomic E-state index is 12.0. The third kappa shape index (κ3) is 1.70. The Morgan fingerprint density at radius 2 is 1.81 bits per heavy atom. The molecule has 16 heavy (non-hydrogen) atoms. The van der Waals surface area contributed by atoms with Crippen LogP contribution in [0.25, 0.3) is 0 Å². The molecular formula is C11H9N3O2. The van der Waals surface area contributed by atoms with Crippen LogP contribution < -0.4 is 5.73 Å². The topological polar surface area (TPSA) is 88.8 Å². The molecule has 0 saturated carbocycles. The zero-order valence-electron chi connectivity index (χ0n) is 8.31. The van der Waals surface area contributed by atoms with Crippen molar-refractivity contribution in [1.29, 1.82) is 0 Å². The summed E-state index contributed by atoms with van der Waals surface area (Å²) >= 11 is 0. The van der Waals surface area contributed by atoms with Crippen LogP contribution in [0.4, 0.5) is 0 Å². The SMILES string of the molecule is NC(=O)c1ccccc1C(=O)c1ccn[nH]1. The Bertz CT molecular complexity index is 532. The van der Waals surface area contributed by atoms with Gasteiger partial charge in [0.05, 0.1) is 5.56 Å². The number of carbonyl (C=O) groups is 2. The molecule has 5 nitrogen and oxygen atoms in total. The molecule has 0 aliphatic rings. The summed E-state index contributed by atoms with van der Waals surface area (Å²) in [7, 11) is 0. The van der Waals surface area contributed by atoms with Gasteiger partial charge in [0.15, 0.2) is 0 Å². The molecule has 3 N–H and O–H groups in total. The number of carbonyl (C=O) groups excluding carboxylic acids is 2. The number of aromatic amines is 1. The van der Waals surface area contributed by atoms with Crippen LogP contribution >= 0.6 is 0 Å². The van der Waals surface area contributed by atoms with E-state index in [1.807, 2.05) is 0 Å². The zero-order chi connectivity index (χ0) is 11.5. The predicted octanol–water partition coefficient (Wildman–Crippen LogP) is 0.740. The van der Waals surface area contributed by atoms with Gasteiger partial charge < -0.3 is 5.73 Å². The number of nitrogens with two attached hydrogens (primary N) is 1. The maximum Gasteiger partial charge on any atom is 0.249 e. The van der Waals surface area contributed by atoms with Gasteiger partial charge in [-0.1, -0.05) is 18.2 Å². The van der Waals surface area contributed by atoms with Crippen molar-refractivity contribution in [2.45, 2.75) is 0 Å². The number of primary amides is 1. The normalized spacial score (nSPS) is 10.0. The lowest BCUT2D eigenvalue weighted by molar-refractivity contribution is 0.0980. The number of ketones is 1. The summed E-state index contributed by atoms with van der Waals surface area (Å²) in [6.45, 7) is 0. The molecule has 0 aliphatic carbocycles. The summed E-state index contributed by atoms with van der Waals surface area (Å²) < 4.78 is 0. The summed E-state index contributed by atoms with van der Waals surface area (Å²) in [4.78, 5) is 23.1. The first-order valence-corrected chi connectivity index (χ1v) is 4.63. The van der Waals surface area contributed by atoms with E-state index in [9.17, 15) is 9.59 Å². The lowest BCUT2D eigenvalue weighted by Crippen LogP contribution is -2.16. The van der Waals surface area contributed by atoms with Crippen molar-refractivity contribution in [1.82, 2.24) is 10.2 Å². The monoisotopic (exact) mass is 215 g/mol.